The minimum atomic E-state index is -4.45. The van der Waals surface area contributed by atoms with Gasteiger partial charge < -0.3 is 10.2 Å². The third-order valence-corrected chi connectivity index (χ3v) is 4.38. The molecule has 0 aliphatic rings. The smallest absolute Gasteiger partial charge is 0.350 e. The van der Waals surface area contributed by atoms with Crippen LogP contribution in [-0.2, 0) is 17.5 Å². The number of carbonyl (C=O) groups excluding carboxylic acids is 2. The van der Waals surface area contributed by atoms with E-state index in [9.17, 15) is 22.8 Å². The first-order valence-corrected chi connectivity index (χ1v) is 8.45. The van der Waals surface area contributed by atoms with Gasteiger partial charge in [0.25, 0.3) is 5.91 Å². The molecule has 0 fully saturated rings. The second-order valence-corrected chi connectivity index (χ2v) is 6.28. The molecule has 2 amide bonds. The molecule has 0 spiro atoms. The van der Waals surface area contributed by atoms with Crippen molar-refractivity contribution in [3.63, 3.8) is 0 Å². The summed E-state index contributed by atoms with van der Waals surface area (Å²) in [6.07, 6.45) is -4.45. The lowest BCUT2D eigenvalue weighted by Crippen LogP contribution is -2.40. The van der Waals surface area contributed by atoms with Gasteiger partial charge >= 0.3 is 6.18 Å². The minimum Gasteiger partial charge on any atom is -0.350 e. The number of nitrogens with zero attached hydrogens (tertiary/aromatic N) is 1. The molecule has 0 saturated carbocycles. The quantitative estimate of drug-likeness (QED) is 0.846. The summed E-state index contributed by atoms with van der Waals surface area (Å²) in [5.41, 5.74) is -0.707. The fourth-order valence-corrected chi connectivity index (χ4v) is 2.78. The average Bonchev–Trinajstić information content (AvgIpc) is 3.10. The Bertz CT molecular complexity index is 712. The summed E-state index contributed by atoms with van der Waals surface area (Å²) in [6.45, 7) is 2.20. The molecule has 2 rings (SSSR count). The summed E-state index contributed by atoms with van der Waals surface area (Å²) in [6, 6.07) is 7.72. The summed E-state index contributed by atoms with van der Waals surface area (Å²) < 4.78 is 37.7. The molecule has 1 aromatic heterocycles. The Morgan fingerprint density at radius 1 is 1.16 bits per heavy atom. The van der Waals surface area contributed by atoms with Crippen molar-refractivity contribution in [2.45, 2.75) is 19.6 Å². The van der Waals surface area contributed by atoms with E-state index in [1.54, 1.807) is 6.92 Å². The van der Waals surface area contributed by atoms with Crippen molar-refractivity contribution >= 4 is 23.2 Å². The maximum atomic E-state index is 12.6. The van der Waals surface area contributed by atoms with Crippen molar-refractivity contribution < 1.29 is 22.8 Å². The van der Waals surface area contributed by atoms with Gasteiger partial charge in [0.2, 0.25) is 5.91 Å². The SMILES string of the molecule is CCN(CC(=O)NCc1cccs1)C(=O)c1ccc(C(F)(F)F)cc1. The molecule has 0 unspecified atom stereocenters. The number of likely N-dealkylation sites (N-methyl/N-ethyl adjacent to an activating group) is 1. The minimum absolute atomic E-state index is 0.112. The summed E-state index contributed by atoms with van der Waals surface area (Å²) in [5, 5.41) is 4.61. The van der Waals surface area contributed by atoms with E-state index in [2.05, 4.69) is 5.32 Å². The number of hydrogen-bond donors (Lipinski definition) is 1. The second kappa shape index (κ2) is 8.15. The number of amides is 2. The fourth-order valence-electron chi connectivity index (χ4n) is 2.14. The fraction of sp³-hybridized carbons (Fsp3) is 0.294. The van der Waals surface area contributed by atoms with Crippen LogP contribution in [0.1, 0.15) is 27.7 Å². The standard InChI is InChI=1S/C17H17F3N2O2S/c1-2-22(11-15(23)21-10-14-4-3-9-25-14)16(24)12-5-7-13(8-6-12)17(18,19)20/h3-9H,2,10-11H2,1H3,(H,21,23). The zero-order valence-corrected chi connectivity index (χ0v) is 14.3. The highest BCUT2D eigenvalue weighted by molar-refractivity contribution is 7.09. The van der Waals surface area contributed by atoms with E-state index >= 15 is 0 Å². The predicted molar refractivity (Wildman–Crippen MR) is 89.2 cm³/mol. The van der Waals surface area contributed by atoms with Gasteiger partial charge in [-0.05, 0) is 42.6 Å². The maximum absolute atomic E-state index is 12.6. The number of hydrogen-bond acceptors (Lipinski definition) is 3. The van der Waals surface area contributed by atoms with Crippen molar-refractivity contribution in [2.24, 2.45) is 0 Å². The topological polar surface area (TPSA) is 49.4 Å². The Hall–Kier alpha value is -2.35. The maximum Gasteiger partial charge on any atom is 0.416 e. The molecule has 0 atom stereocenters. The Balaban J connectivity index is 1.96. The molecule has 8 heteroatoms. The zero-order valence-electron chi connectivity index (χ0n) is 13.5. The van der Waals surface area contributed by atoms with Crippen LogP contribution in [0, 0.1) is 0 Å². The Labute approximate surface area is 147 Å². The van der Waals surface area contributed by atoms with Gasteiger partial charge in [-0.15, -0.1) is 11.3 Å². The van der Waals surface area contributed by atoms with Gasteiger partial charge in [0.1, 0.15) is 0 Å². The number of alkyl halides is 3. The van der Waals surface area contributed by atoms with Gasteiger partial charge in [0.15, 0.2) is 0 Å². The highest BCUT2D eigenvalue weighted by Crippen LogP contribution is 2.29. The molecular weight excluding hydrogens is 353 g/mol. The van der Waals surface area contributed by atoms with Crippen molar-refractivity contribution in [1.29, 1.82) is 0 Å². The summed E-state index contributed by atoms with van der Waals surface area (Å²) in [5.74, 6) is -0.807. The molecule has 1 N–H and O–H groups in total. The van der Waals surface area contributed by atoms with Crippen LogP contribution in [-0.4, -0.2) is 29.8 Å². The molecule has 134 valence electrons. The van der Waals surface area contributed by atoms with E-state index in [0.717, 1.165) is 29.1 Å². The zero-order chi connectivity index (χ0) is 18.4. The van der Waals surface area contributed by atoms with Gasteiger partial charge in [0.05, 0.1) is 18.7 Å². The highest BCUT2D eigenvalue weighted by atomic mass is 32.1. The Kier molecular flexibility index (Phi) is 6.19. The molecule has 0 aliphatic carbocycles. The van der Waals surface area contributed by atoms with Crippen molar-refractivity contribution in [3.8, 4) is 0 Å². The predicted octanol–water partition coefficient (Wildman–Crippen LogP) is 3.55. The molecule has 25 heavy (non-hydrogen) atoms. The van der Waals surface area contributed by atoms with Gasteiger partial charge in [-0.1, -0.05) is 6.07 Å². The molecule has 1 heterocycles. The van der Waals surface area contributed by atoms with E-state index < -0.39 is 17.6 Å². The number of thiophene rings is 1. The number of carbonyl (C=O) groups is 2. The van der Waals surface area contributed by atoms with Crippen LogP contribution in [0.5, 0.6) is 0 Å². The number of halogens is 3. The Morgan fingerprint density at radius 2 is 1.84 bits per heavy atom. The van der Waals surface area contributed by atoms with Crippen molar-refractivity contribution in [2.75, 3.05) is 13.1 Å². The van der Waals surface area contributed by atoms with Crippen LogP contribution < -0.4 is 5.32 Å². The molecule has 2 aromatic rings. The number of nitrogens with one attached hydrogen (secondary N) is 1. The van der Waals surface area contributed by atoms with E-state index in [1.165, 1.54) is 16.2 Å². The van der Waals surface area contributed by atoms with Crippen molar-refractivity contribution in [3.05, 3.63) is 57.8 Å². The van der Waals surface area contributed by atoms with Crippen LogP contribution in [0.25, 0.3) is 0 Å². The summed E-state index contributed by atoms with van der Waals surface area (Å²) >= 11 is 1.51. The second-order valence-electron chi connectivity index (χ2n) is 5.25. The molecule has 0 radical (unpaired) electrons. The largest absolute Gasteiger partial charge is 0.416 e. The first-order chi connectivity index (χ1) is 11.8. The monoisotopic (exact) mass is 370 g/mol. The first-order valence-electron chi connectivity index (χ1n) is 7.57. The van der Waals surface area contributed by atoms with Gasteiger partial charge in [0, 0.05) is 17.0 Å². The van der Waals surface area contributed by atoms with E-state index in [-0.39, 0.29) is 24.6 Å². The van der Waals surface area contributed by atoms with Crippen molar-refractivity contribution in [1.82, 2.24) is 10.2 Å². The lowest BCUT2D eigenvalue weighted by molar-refractivity contribution is -0.137. The van der Waals surface area contributed by atoms with Gasteiger partial charge in [-0.3, -0.25) is 9.59 Å². The number of rotatable bonds is 6. The first kappa shape index (κ1) is 19.0. The van der Waals surface area contributed by atoms with Crippen LogP contribution in [0.2, 0.25) is 0 Å². The van der Waals surface area contributed by atoms with Gasteiger partial charge in [-0.2, -0.15) is 13.2 Å². The highest BCUT2D eigenvalue weighted by Gasteiger charge is 2.30. The summed E-state index contributed by atoms with van der Waals surface area (Å²) in [4.78, 5) is 26.6. The van der Waals surface area contributed by atoms with E-state index in [1.807, 2.05) is 17.5 Å². The molecule has 0 saturated heterocycles. The van der Waals surface area contributed by atoms with Crippen LogP contribution in [0.3, 0.4) is 0 Å². The van der Waals surface area contributed by atoms with Crippen LogP contribution in [0.4, 0.5) is 13.2 Å². The van der Waals surface area contributed by atoms with Crippen LogP contribution >= 0.6 is 11.3 Å². The summed E-state index contributed by atoms with van der Waals surface area (Å²) in [7, 11) is 0. The molecular formula is C17H17F3N2O2S. The molecule has 4 nitrogen and oxygen atoms in total. The normalized spacial score (nSPS) is 11.2. The molecule has 0 bridgehead atoms. The van der Waals surface area contributed by atoms with E-state index in [0.29, 0.717) is 6.54 Å². The van der Waals surface area contributed by atoms with Gasteiger partial charge in [-0.25, -0.2) is 0 Å². The number of benzene rings is 1. The Morgan fingerprint density at radius 3 is 2.36 bits per heavy atom. The van der Waals surface area contributed by atoms with Crippen LogP contribution in [0.15, 0.2) is 41.8 Å². The third kappa shape index (κ3) is 5.32. The lowest BCUT2D eigenvalue weighted by Gasteiger charge is -2.20. The molecule has 1 aromatic carbocycles. The average molecular weight is 370 g/mol. The molecule has 0 aliphatic heterocycles. The lowest BCUT2D eigenvalue weighted by atomic mass is 10.1. The van der Waals surface area contributed by atoms with E-state index in [4.69, 9.17) is 0 Å². The third-order valence-electron chi connectivity index (χ3n) is 3.50.